The standard InChI is InChI=1S/C23H27NO3/c1-23(2)14-20(19-9-5-6-10-21(19)27-23)24-22(25)15-26-18-12-11-16-7-3-4-8-17(16)13-18/h5-6,9-13,20H,3-4,7-8,14-15H2,1-2H3,(H,24,25)/t20-/m1/s1. The van der Waals surface area contributed by atoms with Gasteiger partial charge in [-0.25, -0.2) is 0 Å². The minimum Gasteiger partial charge on any atom is -0.487 e. The van der Waals surface area contributed by atoms with Crippen LogP contribution in [0.4, 0.5) is 0 Å². The van der Waals surface area contributed by atoms with Gasteiger partial charge < -0.3 is 14.8 Å². The molecule has 1 atom stereocenters. The number of carbonyl (C=O) groups excluding carboxylic acids is 1. The molecule has 4 nitrogen and oxygen atoms in total. The normalized spacial score (nSPS) is 20.0. The molecule has 0 bridgehead atoms. The van der Waals surface area contributed by atoms with Gasteiger partial charge in [0.1, 0.15) is 17.1 Å². The highest BCUT2D eigenvalue weighted by atomic mass is 16.5. The van der Waals surface area contributed by atoms with Crippen LogP contribution in [0, 0.1) is 0 Å². The topological polar surface area (TPSA) is 47.6 Å². The minimum absolute atomic E-state index is 0.0265. The highest BCUT2D eigenvalue weighted by molar-refractivity contribution is 5.78. The van der Waals surface area contributed by atoms with Crippen LogP contribution in [-0.4, -0.2) is 18.1 Å². The average molecular weight is 365 g/mol. The van der Waals surface area contributed by atoms with Gasteiger partial charge in [0, 0.05) is 12.0 Å². The number of aryl methyl sites for hydroxylation is 2. The second-order valence-corrected chi connectivity index (χ2v) is 8.15. The molecule has 27 heavy (non-hydrogen) atoms. The highest BCUT2D eigenvalue weighted by Gasteiger charge is 2.34. The summed E-state index contributed by atoms with van der Waals surface area (Å²) in [6.07, 6.45) is 5.48. The highest BCUT2D eigenvalue weighted by Crippen LogP contribution is 2.39. The predicted octanol–water partition coefficient (Wildman–Crippen LogP) is 4.36. The summed E-state index contributed by atoms with van der Waals surface area (Å²) < 4.78 is 11.8. The molecule has 142 valence electrons. The molecule has 1 amide bonds. The number of fused-ring (bicyclic) bond motifs is 2. The summed E-state index contributed by atoms with van der Waals surface area (Å²) in [5.74, 6) is 1.51. The number of nitrogens with one attached hydrogen (secondary N) is 1. The van der Waals surface area contributed by atoms with Crippen molar-refractivity contribution >= 4 is 5.91 Å². The molecule has 0 spiro atoms. The van der Waals surface area contributed by atoms with E-state index in [2.05, 4.69) is 17.4 Å². The number of amides is 1. The Morgan fingerprint density at radius 3 is 2.78 bits per heavy atom. The molecule has 1 aliphatic heterocycles. The van der Waals surface area contributed by atoms with Gasteiger partial charge in [-0.2, -0.15) is 0 Å². The lowest BCUT2D eigenvalue weighted by atomic mass is 9.89. The summed E-state index contributed by atoms with van der Waals surface area (Å²) in [7, 11) is 0. The average Bonchev–Trinajstić information content (AvgIpc) is 2.65. The summed E-state index contributed by atoms with van der Waals surface area (Å²) in [6.45, 7) is 4.12. The molecule has 2 aromatic rings. The van der Waals surface area contributed by atoms with E-state index in [9.17, 15) is 4.79 Å². The van der Waals surface area contributed by atoms with Crippen molar-refractivity contribution in [1.29, 1.82) is 0 Å². The van der Waals surface area contributed by atoms with Crippen molar-refractivity contribution in [2.24, 2.45) is 0 Å². The Balaban J connectivity index is 1.40. The van der Waals surface area contributed by atoms with E-state index in [-0.39, 0.29) is 24.2 Å². The first-order valence-corrected chi connectivity index (χ1v) is 9.82. The van der Waals surface area contributed by atoms with Gasteiger partial charge in [0.15, 0.2) is 6.61 Å². The molecule has 0 saturated carbocycles. The quantitative estimate of drug-likeness (QED) is 0.876. The fourth-order valence-electron chi connectivity index (χ4n) is 4.12. The summed E-state index contributed by atoms with van der Waals surface area (Å²) in [5.41, 5.74) is 3.49. The molecule has 4 rings (SSSR count). The molecular formula is C23H27NO3. The van der Waals surface area contributed by atoms with Crippen LogP contribution in [0.3, 0.4) is 0 Å². The molecule has 2 aromatic carbocycles. The van der Waals surface area contributed by atoms with Crippen LogP contribution < -0.4 is 14.8 Å². The smallest absolute Gasteiger partial charge is 0.258 e. The number of carbonyl (C=O) groups is 1. The number of hydrogen-bond acceptors (Lipinski definition) is 3. The molecule has 0 radical (unpaired) electrons. The van der Waals surface area contributed by atoms with Gasteiger partial charge >= 0.3 is 0 Å². The van der Waals surface area contributed by atoms with Crippen molar-refractivity contribution in [2.45, 2.75) is 57.6 Å². The fraction of sp³-hybridized carbons (Fsp3) is 0.435. The molecule has 0 aromatic heterocycles. The second-order valence-electron chi connectivity index (χ2n) is 8.15. The van der Waals surface area contributed by atoms with E-state index in [0.717, 1.165) is 36.3 Å². The van der Waals surface area contributed by atoms with Crippen molar-refractivity contribution in [3.05, 3.63) is 59.2 Å². The van der Waals surface area contributed by atoms with Crippen molar-refractivity contribution in [2.75, 3.05) is 6.61 Å². The number of hydrogen-bond donors (Lipinski definition) is 1. The molecule has 0 fully saturated rings. The van der Waals surface area contributed by atoms with E-state index in [0.29, 0.717) is 0 Å². The van der Waals surface area contributed by atoms with Crippen molar-refractivity contribution in [1.82, 2.24) is 5.32 Å². The van der Waals surface area contributed by atoms with E-state index in [1.54, 1.807) is 0 Å². The number of rotatable bonds is 4. The first kappa shape index (κ1) is 17.9. The zero-order valence-corrected chi connectivity index (χ0v) is 16.1. The molecule has 2 aliphatic rings. The minimum atomic E-state index is -0.314. The molecular weight excluding hydrogens is 338 g/mol. The first-order valence-electron chi connectivity index (χ1n) is 9.82. The van der Waals surface area contributed by atoms with Gasteiger partial charge in [0.2, 0.25) is 0 Å². The molecule has 0 saturated heterocycles. The Hall–Kier alpha value is -2.49. The summed E-state index contributed by atoms with van der Waals surface area (Å²) in [6, 6.07) is 14.0. The van der Waals surface area contributed by atoms with E-state index < -0.39 is 0 Å². The van der Waals surface area contributed by atoms with Crippen molar-refractivity contribution in [3.63, 3.8) is 0 Å². The third-order valence-corrected chi connectivity index (χ3v) is 5.40. The van der Waals surface area contributed by atoms with Crippen LogP contribution >= 0.6 is 0 Å². The van der Waals surface area contributed by atoms with Gasteiger partial charge in [-0.15, -0.1) is 0 Å². The maximum absolute atomic E-state index is 12.5. The van der Waals surface area contributed by atoms with Crippen LogP contribution in [0.5, 0.6) is 11.5 Å². The Labute approximate surface area is 160 Å². The number of benzene rings is 2. The first-order chi connectivity index (χ1) is 13.0. The van der Waals surface area contributed by atoms with Crippen LogP contribution in [-0.2, 0) is 17.6 Å². The summed E-state index contributed by atoms with van der Waals surface area (Å²) >= 11 is 0. The third kappa shape index (κ3) is 4.10. The molecule has 1 aliphatic carbocycles. The second kappa shape index (κ2) is 7.26. The Morgan fingerprint density at radius 1 is 1.15 bits per heavy atom. The Morgan fingerprint density at radius 2 is 1.93 bits per heavy atom. The molecule has 1 N–H and O–H groups in total. The van der Waals surface area contributed by atoms with Crippen LogP contribution in [0.25, 0.3) is 0 Å². The molecule has 4 heteroatoms. The fourth-order valence-corrected chi connectivity index (χ4v) is 4.12. The van der Waals surface area contributed by atoms with Crippen molar-refractivity contribution < 1.29 is 14.3 Å². The molecule has 1 heterocycles. The lowest BCUT2D eigenvalue weighted by molar-refractivity contribution is -0.124. The summed E-state index contributed by atoms with van der Waals surface area (Å²) in [4.78, 5) is 12.5. The van der Waals surface area contributed by atoms with Gasteiger partial charge in [0.05, 0.1) is 6.04 Å². The zero-order valence-electron chi connectivity index (χ0n) is 16.1. The van der Waals surface area contributed by atoms with Gasteiger partial charge in [-0.05, 0) is 68.9 Å². The lowest BCUT2D eigenvalue weighted by Gasteiger charge is -2.37. The largest absolute Gasteiger partial charge is 0.487 e. The van der Waals surface area contributed by atoms with Gasteiger partial charge in [0.25, 0.3) is 5.91 Å². The third-order valence-electron chi connectivity index (χ3n) is 5.40. The van der Waals surface area contributed by atoms with E-state index >= 15 is 0 Å². The van der Waals surface area contributed by atoms with E-state index in [1.165, 1.54) is 24.0 Å². The monoisotopic (exact) mass is 365 g/mol. The van der Waals surface area contributed by atoms with Gasteiger partial charge in [-0.3, -0.25) is 4.79 Å². The Bertz CT molecular complexity index is 843. The van der Waals surface area contributed by atoms with Crippen LogP contribution in [0.2, 0.25) is 0 Å². The van der Waals surface area contributed by atoms with E-state index in [1.807, 2.05) is 44.2 Å². The Kier molecular flexibility index (Phi) is 4.81. The van der Waals surface area contributed by atoms with E-state index in [4.69, 9.17) is 9.47 Å². The summed E-state index contributed by atoms with van der Waals surface area (Å²) in [5, 5.41) is 3.12. The van der Waals surface area contributed by atoms with Crippen molar-refractivity contribution in [3.8, 4) is 11.5 Å². The van der Waals surface area contributed by atoms with Gasteiger partial charge in [-0.1, -0.05) is 24.3 Å². The maximum atomic E-state index is 12.5. The number of para-hydroxylation sites is 1. The molecule has 0 unspecified atom stereocenters. The maximum Gasteiger partial charge on any atom is 0.258 e. The zero-order chi connectivity index (χ0) is 18.9. The number of ether oxygens (including phenoxy) is 2. The predicted molar refractivity (Wildman–Crippen MR) is 105 cm³/mol. The SMILES string of the molecule is CC1(C)C[C@@H](NC(=O)COc2ccc3c(c2)CCCC3)c2ccccc2O1. The lowest BCUT2D eigenvalue weighted by Crippen LogP contribution is -2.42. The van der Waals surface area contributed by atoms with Crippen LogP contribution in [0.15, 0.2) is 42.5 Å². The van der Waals surface area contributed by atoms with Crippen LogP contribution in [0.1, 0.15) is 55.8 Å².